The Morgan fingerprint density at radius 3 is 2.71 bits per heavy atom. The van der Waals surface area contributed by atoms with Crippen LogP contribution in [0.3, 0.4) is 0 Å². The van der Waals surface area contributed by atoms with Crippen molar-refractivity contribution in [1.82, 2.24) is 4.57 Å². The van der Waals surface area contributed by atoms with Crippen LogP contribution >= 0.6 is 0 Å². The molecule has 1 aromatic carbocycles. The van der Waals surface area contributed by atoms with Gasteiger partial charge in [0, 0.05) is 17.8 Å². The van der Waals surface area contributed by atoms with Crippen molar-refractivity contribution >= 4 is 22.6 Å². The highest BCUT2D eigenvalue weighted by Gasteiger charge is 2.31. The maximum Gasteiger partial charge on any atom is 0.225 e. The van der Waals surface area contributed by atoms with Crippen molar-refractivity contribution < 1.29 is 9.18 Å². The lowest BCUT2D eigenvalue weighted by Gasteiger charge is -2.13. The molecule has 0 spiro atoms. The Kier molecular flexibility index (Phi) is 3.76. The zero-order chi connectivity index (χ0) is 16.7. The standard InChI is InChI=1S/C19H20FN3O/c20-18-15-8-5-13(11-21)9-16(15)23(14-6-7-14)19(18)22-17(24)10-12-3-1-2-4-12/h5,8-9,12,14H,1-4,6-7,10H2,(H,22,24). The average molecular weight is 325 g/mol. The summed E-state index contributed by atoms with van der Waals surface area (Å²) in [5.41, 5.74) is 1.20. The SMILES string of the molecule is N#Cc1ccc2c(F)c(NC(=O)CC3CCCC3)n(C3CC3)c2c1. The largest absolute Gasteiger partial charge is 0.322 e. The molecule has 0 unspecified atom stereocenters. The Morgan fingerprint density at radius 1 is 1.29 bits per heavy atom. The number of nitriles is 1. The summed E-state index contributed by atoms with van der Waals surface area (Å²) in [5, 5.41) is 12.4. The minimum atomic E-state index is -0.388. The summed E-state index contributed by atoms with van der Waals surface area (Å²) in [6.45, 7) is 0. The van der Waals surface area contributed by atoms with Crippen molar-refractivity contribution in [2.75, 3.05) is 5.32 Å². The second kappa shape index (κ2) is 5.94. The molecule has 0 aliphatic heterocycles. The molecule has 2 saturated carbocycles. The fraction of sp³-hybridized carbons (Fsp3) is 0.474. The van der Waals surface area contributed by atoms with Gasteiger partial charge < -0.3 is 9.88 Å². The van der Waals surface area contributed by atoms with Crippen molar-refractivity contribution in [2.24, 2.45) is 5.92 Å². The van der Waals surface area contributed by atoms with Crippen molar-refractivity contribution in [1.29, 1.82) is 5.26 Å². The smallest absolute Gasteiger partial charge is 0.225 e. The van der Waals surface area contributed by atoms with Crippen molar-refractivity contribution in [2.45, 2.75) is 51.0 Å². The van der Waals surface area contributed by atoms with Crippen LogP contribution in [0, 0.1) is 23.1 Å². The van der Waals surface area contributed by atoms with E-state index in [-0.39, 0.29) is 23.6 Å². The molecule has 0 saturated heterocycles. The predicted molar refractivity (Wildman–Crippen MR) is 90.1 cm³/mol. The maximum absolute atomic E-state index is 14.9. The van der Waals surface area contributed by atoms with Crippen LogP contribution in [0.25, 0.3) is 10.9 Å². The molecule has 0 atom stereocenters. The van der Waals surface area contributed by atoms with Crippen LogP contribution in [0.5, 0.6) is 0 Å². The van der Waals surface area contributed by atoms with Gasteiger partial charge in [-0.2, -0.15) is 5.26 Å². The first kappa shape index (κ1) is 15.2. The predicted octanol–water partition coefficient (Wildman–Crippen LogP) is 4.51. The number of aromatic nitrogens is 1. The van der Waals surface area contributed by atoms with Gasteiger partial charge in [-0.05, 0) is 49.8 Å². The zero-order valence-electron chi connectivity index (χ0n) is 13.5. The lowest BCUT2D eigenvalue weighted by atomic mass is 10.0. The van der Waals surface area contributed by atoms with Crippen molar-refractivity contribution in [3.05, 3.63) is 29.6 Å². The molecule has 0 bridgehead atoms. The number of carbonyl (C=O) groups is 1. The minimum Gasteiger partial charge on any atom is -0.322 e. The van der Waals surface area contributed by atoms with E-state index in [1.165, 1.54) is 12.8 Å². The normalized spacial score (nSPS) is 18.0. The highest BCUT2D eigenvalue weighted by atomic mass is 19.1. The molecule has 0 radical (unpaired) electrons. The van der Waals surface area contributed by atoms with E-state index >= 15 is 0 Å². The summed E-state index contributed by atoms with van der Waals surface area (Å²) in [5.74, 6) is 0.203. The number of hydrogen-bond donors (Lipinski definition) is 1. The topological polar surface area (TPSA) is 57.8 Å². The fourth-order valence-corrected chi connectivity index (χ4v) is 3.83. The van der Waals surface area contributed by atoms with Gasteiger partial charge in [0.2, 0.25) is 5.91 Å². The van der Waals surface area contributed by atoms with E-state index in [4.69, 9.17) is 5.26 Å². The number of hydrogen-bond acceptors (Lipinski definition) is 2. The van der Waals surface area contributed by atoms with Crippen LogP contribution in [0.15, 0.2) is 18.2 Å². The van der Waals surface area contributed by atoms with E-state index < -0.39 is 0 Å². The Morgan fingerprint density at radius 2 is 2.04 bits per heavy atom. The molecule has 4 nitrogen and oxygen atoms in total. The zero-order valence-corrected chi connectivity index (χ0v) is 13.5. The first-order chi connectivity index (χ1) is 11.7. The third kappa shape index (κ3) is 2.66. The number of nitrogens with one attached hydrogen (secondary N) is 1. The Balaban J connectivity index is 1.68. The van der Waals surface area contributed by atoms with E-state index in [9.17, 15) is 9.18 Å². The molecule has 1 heterocycles. The summed E-state index contributed by atoms with van der Waals surface area (Å²) >= 11 is 0. The van der Waals surface area contributed by atoms with Crippen molar-refractivity contribution in [3.63, 3.8) is 0 Å². The number of carbonyl (C=O) groups excluding carboxylic acids is 1. The van der Waals surface area contributed by atoms with Gasteiger partial charge >= 0.3 is 0 Å². The molecule has 1 N–H and O–H groups in total. The molecule has 24 heavy (non-hydrogen) atoms. The van der Waals surface area contributed by atoms with Gasteiger partial charge in [-0.15, -0.1) is 0 Å². The molecular formula is C19H20FN3O. The first-order valence-electron chi connectivity index (χ1n) is 8.70. The van der Waals surface area contributed by atoms with Gasteiger partial charge in [-0.25, -0.2) is 4.39 Å². The molecule has 124 valence electrons. The van der Waals surface area contributed by atoms with Crippen molar-refractivity contribution in [3.8, 4) is 6.07 Å². The van der Waals surface area contributed by atoms with Gasteiger partial charge in [0.1, 0.15) is 0 Å². The summed E-state index contributed by atoms with van der Waals surface area (Å²) < 4.78 is 16.7. The number of benzene rings is 1. The highest BCUT2D eigenvalue weighted by Crippen LogP contribution is 2.43. The van der Waals surface area contributed by atoms with Crippen LogP contribution in [-0.2, 0) is 4.79 Å². The molecule has 2 aliphatic rings. The summed E-state index contributed by atoms with van der Waals surface area (Å²) in [4.78, 5) is 12.4. The van der Waals surface area contributed by atoms with Crippen LogP contribution in [0.1, 0.15) is 56.6 Å². The second-order valence-electron chi connectivity index (χ2n) is 7.01. The molecule has 1 amide bonds. The van der Waals surface area contributed by atoms with Crippen LogP contribution < -0.4 is 5.32 Å². The molecule has 5 heteroatoms. The van der Waals surface area contributed by atoms with E-state index in [0.29, 0.717) is 28.8 Å². The minimum absolute atomic E-state index is 0.106. The Bertz CT molecular complexity index is 838. The second-order valence-corrected chi connectivity index (χ2v) is 7.01. The molecular weight excluding hydrogens is 305 g/mol. The summed E-state index contributed by atoms with van der Waals surface area (Å²) in [7, 11) is 0. The average Bonchev–Trinajstić information content (AvgIpc) is 3.22. The van der Waals surface area contributed by atoms with E-state index in [2.05, 4.69) is 11.4 Å². The van der Waals surface area contributed by atoms with E-state index in [0.717, 1.165) is 25.7 Å². The quantitative estimate of drug-likeness (QED) is 0.899. The molecule has 4 rings (SSSR count). The van der Waals surface area contributed by atoms with Gasteiger partial charge in [0.15, 0.2) is 11.6 Å². The summed E-state index contributed by atoms with van der Waals surface area (Å²) in [6.07, 6.45) is 6.98. The number of anilines is 1. The van der Waals surface area contributed by atoms with Crippen LogP contribution in [0.2, 0.25) is 0 Å². The molecule has 1 aromatic heterocycles. The van der Waals surface area contributed by atoms with Gasteiger partial charge in [0.25, 0.3) is 0 Å². The number of fused-ring (bicyclic) bond motifs is 1. The van der Waals surface area contributed by atoms with Crippen LogP contribution in [-0.4, -0.2) is 10.5 Å². The third-order valence-electron chi connectivity index (χ3n) is 5.19. The summed E-state index contributed by atoms with van der Waals surface area (Å²) in [6, 6.07) is 7.28. The number of rotatable bonds is 4. The number of nitrogens with zero attached hydrogens (tertiary/aromatic N) is 2. The third-order valence-corrected chi connectivity index (χ3v) is 5.19. The van der Waals surface area contributed by atoms with Gasteiger partial charge in [-0.3, -0.25) is 4.79 Å². The Hall–Kier alpha value is -2.35. The van der Waals surface area contributed by atoms with Crippen LogP contribution in [0.4, 0.5) is 10.2 Å². The Labute approximate surface area is 140 Å². The first-order valence-corrected chi connectivity index (χ1v) is 8.70. The lowest BCUT2D eigenvalue weighted by molar-refractivity contribution is -0.117. The molecule has 2 fully saturated rings. The van der Waals surface area contributed by atoms with Gasteiger partial charge in [-0.1, -0.05) is 12.8 Å². The number of amides is 1. The molecule has 2 aliphatic carbocycles. The van der Waals surface area contributed by atoms with E-state index in [1.54, 1.807) is 18.2 Å². The highest BCUT2D eigenvalue weighted by molar-refractivity contribution is 5.95. The fourth-order valence-electron chi connectivity index (χ4n) is 3.83. The van der Waals surface area contributed by atoms with Gasteiger partial charge in [0.05, 0.1) is 17.1 Å². The maximum atomic E-state index is 14.9. The van der Waals surface area contributed by atoms with E-state index in [1.807, 2.05) is 4.57 Å². The molecule has 2 aromatic rings. The lowest BCUT2D eigenvalue weighted by Crippen LogP contribution is -2.18. The number of halogens is 1. The monoisotopic (exact) mass is 325 g/mol.